The molecule has 0 aliphatic carbocycles. The van der Waals surface area contributed by atoms with Gasteiger partial charge in [0, 0.05) is 11.1 Å². The lowest BCUT2D eigenvalue weighted by Crippen LogP contribution is -2.58. The maximum absolute atomic E-state index is 14.0. The predicted molar refractivity (Wildman–Crippen MR) is 115 cm³/mol. The van der Waals surface area contributed by atoms with Crippen molar-refractivity contribution in [2.45, 2.75) is 18.1 Å². The molecule has 0 saturated heterocycles. The Hall–Kier alpha value is -3.20. The highest BCUT2D eigenvalue weighted by molar-refractivity contribution is 8.17. The highest BCUT2D eigenvalue weighted by Gasteiger charge is 2.76. The maximum atomic E-state index is 14.0. The number of rotatable bonds is 3. The lowest BCUT2D eigenvalue weighted by Gasteiger charge is -2.38. The van der Waals surface area contributed by atoms with E-state index < -0.39 is 28.2 Å². The Kier molecular flexibility index (Phi) is 6.00. The number of alkyl halides is 6. The number of hydrogen-bond acceptors (Lipinski definition) is 3. The minimum absolute atomic E-state index is 0.0995. The van der Waals surface area contributed by atoms with Crippen LogP contribution in [0.15, 0.2) is 101 Å². The molecule has 1 heterocycles. The molecule has 4 rings (SSSR count). The lowest BCUT2D eigenvalue weighted by molar-refractivity contribution is -0.366. The Morgan fingerprint density at radius 2 is 1.09 bits per heavy atom. The molecular formula is C24H15F6NOS. The summed E-state index contributed by atoms with van der Waals surface area (Å²) in [5, 5.41) is -0.994. The van der Waals surface area contributed by atoms with E-state index in [0.717, 1.165) is 0 Å². The van der Waals surface area contributed by atoms with Crippen LogP contribution in [0.2, 0.25) is 0 Å². The molecule has 0 amide bonds. The van der Waals surface area contributed by atoms with E-state index in [1.807, 2.05) is 0 Å². The fourth-order valence-corrected chi connectivity index (χ4v) is 4.36. The molecule has 0 bridgehead atoms. The van der Waals surface area contributed by atoms with Crippen LogP contribution >= 0.6 is 11.8 Å². The summed E-state index contributed by atoms with van der Waals surface area (Å²) in [6.07, 6.45) is -11.7. The Labute approximate surface area is 189 Å². The van der Waals surface area contributed by atoms with Gasteiger partial charge in [0.15, 0.2) is 5.09 Å². The zero-order valence-corrected chi connectivity index (χ0v) is 17.5. The highest BCUT2D eigenvalue weighted by Crippen LogP contribution is 2.54. The van der Waals surface area contributed by atoms with Gasteiger partial charge in [-0.25, -0.2) is 4.99 Å². The van der Waals surface area contributed by atoms with E-state index in [1.54, 1.807) is 66.7 Å². The zero-order valence-electron chi connectivity index (χ0n) is 16.7. The Bertz CT molecular complexity index is 1120. The number of aliphatic imine (C=N–C) groups is 1. The van der Waals surface area contributed by atoms with E-state index in [2.05, 4.69) is 4.99 Å². The summed E-state index contributed by atoms with van der Waals surface area (Å²) < 4.78 is 89.1. The summed E-state index contributed by atoms with van der Waals surface area (Å²) in [5.41, 5.74) is -3.73. The summed E-state index contributed by atoms with van der Waals surface area (Å²) >= 11 is 0.624. The zero-order chi connectivity index (χ0) is 23.7. The predicted octanol–water partition coefficient (Wildman–Crippen LogP) is 7.43. The van der Waals surface area contributed by atoms with Gasteiger partial charge in [0.2, 0.25) is 0 Å². The number of benzene rings is 3. The summed E-state index contributed by atoms with van der Waals surface area (Å²) in [4.78, 5) is 3.12. The van der Waals surface area contributed by atoms with Gasteiger partial charge in [-0.3, -0.25) is 0 Å². The van der Waals surface area contributed by atoms with Gasteiger partial charge in [-0.05, 0) is 22.9 Å². The minimum atomic E-state index is -5.87. The third-order valence-corrected chi connectivity index (χ3v) is 5.80. The van der Waals surface area contributed by atoms with E-state index in [0.29, 0.717) is 22.9 Å². The van der Waals surface area contributed by atoms with Crippen LogP contribution in [0.5, 0.6) is 0 Å². The standard InChI is InChI=1S/C24H15F6NOS/c25-23(26,27)22(24(28,29)30)31-20(18-14-8-3-9-15-18)33-21(32-22)19(16-10-4-1-5-11-16)17-12-6-2-7-13-17/h1-15H. The summed E-state index contributed by atoms with van der Waals surface area (Å²) in [6.45, 7) is 0. The molecule has 0 spiro atoms. The van der Waals surface area contributed by atoms with Crippen molar-refractivity contribution in [3.8, 4) is 0 Å². The van der Waals surface area contributed by atoms with Crippen LogP contribution < -0.4 is 0 Å². The van der Waals surface area contributed by atoms with Crippen LogP contribution in [0.1, 0.15) is 16.7 Å². The van der Waals surface area contributed by atoms with Crippen molar-refractivity contribution in [2.24, 2.45) is 4.99 Å². The summed E-state index contributed by atoms with van der Waals surface area (Å²) in [5.74, 6) is 0. The van der Waals surface area contributed by atoms with Crippen LogP contribution in [0.25, 0.3) is 5.57 Å². The molecule has 33 heavy (non-hydrogen) atoms. The summed E-state index contributed by atoms with van der Waals surface area (Å²) in [7, 11) is 0. The minimum Gasteiger partial charge on any atom is -0.442 e. The van der Waals surface area contributed by atoms with Crippen molar-refractivity contribution in [1.29, 1.82) is 0 Å². The highest BCUT2D eigenvalue weighted by atomic mass is 32.2. The molecule has 3 aromatic carbocycles. The molecule has 0 atom stereocenters. The topological polar surface area (TPSA) is 21.6 Å². The fourth-order valence-electron chi connectivity index (χ4n) is 3.25. The second-order valence-electron chi connectivity index (χ2n) is 7.02. The van der Waals surface area contributed by atoms with Crippen molar-refractivity contribution in [2.75, 3.05) is 0 Å². The van der Waals surface area contributed by atoms with Crippen molar-refractivity contribution in [3.63, 3.8) is 0 Å². The average molecular weight is 479 g/mol. The number of ether oxygens (including phenoxy) is 1. The van der Waals surface area contributed by atoms with Gasteiger partial charge in [-0.1, -0.05) is 91.0 Å². The van der Waals surface area contributed by atoms with Crippen molar-refractivity contribution in [1.82, 2.24) is 0 Å². The van der Waals surface area contributed by atoms with Gasteiger partial charge in [0.05, 0.1) is 0 Å². The number of halogens is 6. The largest absolute Gasteiger partial charge is 0.460 e. The first kappa shape index (κ1) is 23.0. The molecule has 0 N–H and O–H groups in total. The molecule has 0 unspecified atom stereocenters. The number of hydrogen-bond donors (Lipinski definition) is 0. The lowest BCUT2D eigenvalue weighted by atomic mass is 9.99. The van der Waals surface area contributed by atoms with Crippen molar-refractivity contribution >= 4 is 22.4 Å². The van der Waals surface area contributed by atoms with Gasteiger partial charge in [-0.15, -0.1) is 0 Å². The molecule has 3 aromatic rings. The maximum Gasteiger partial charge on any atom is 0.460 e. The third-order valence-electron chi connectivity index (χ3n) is 4.81. The molecule has 0 aromatic heterocycles. The monoisotopic (exact) mass is 479 g/mol. The van der Waals surface area contributed by atoms with Crippen LogP contribution in [0.3, 0.4) is 0 Å². The Balaban J connectivity index is 2.04. The van der Waals surface area contributed by atoms with Gasteiger partial charge < -0.3 is 4.74 Å². The van der Waals surface area contributed by atoms with Gasteiger partial charge in [0.1, 0.15) is 5.04 Å². The first-order chi connectivity index (χ1) is 15.6. The van der Waals surface area contributed by atoms with Gasteiger partial charge in [-0.2, -0.15) is 26.3 Å². The second kappa shape index (κ2) is 8.62. The first-order valence-electron chi connectivity index (χ1n) is 9.63. The molecular weight excluding hydrogens is 464 g/mol. The molecule has 0 fully saturated rings. The van der Waals surface area contributed by atoms with E-state index in [-0.39, 0.29) is 11.1 Å². The van der Waals surface area contributed by atoms with E-state index in [4.69, 9.17) is 4.74 Å². The second-order valence-corrected chi connectivity index (χ2v) is 7.98. The van der Waals surface area contributed by atoms with Crippen LogP contribution in [-0.4, -0.2) is 23.1 Å². The quantitative estimate of drug-likeness (QED) is 0.364. The molecule has 170 valence electrons. The smallest absolute Gasteiger partial charge is 0.442 e. The van der Waals surface area contributed by atoms with Crippen LogP contribution in [0, 0.1) is 0 Å². The van der Waals surface area contributed by atoms with Gasteiger partial charge >= 0.3 is 18.1 Å². The number of nitrogens with zero attached hydrogens (tertiary/aromatic N) is 1. The van der Waals surface area contributed by atoms with Gasteiger partial charge in [0.25, 0.3) is 0 Å². The Morgan fingerprint density at radius 1 is 0.667 bits per heavy atom. The molecule has 9 heteroatoms. The molecule has 1 aliphatic rings. The Morgan fingerprint density at radius 3 is 1.52 bits per heavy atom. The fraction of sp³-hybridized carbons (Fsp3) is 0.125. The van der Waals surface area contributed by atoms with Crippen molar-refractivity contribution < 1.29 is 31.1 Å². The molecule has 0 saturated carbocycles. The van der Waals surface area contributed by atoms with E-state index in [9.17, 15) is 26.3 Å². The first-order valence-corrected chi connectivity index (χ1v) is 10.4. The number of thioether (sulfide) groups is 1. The molecule has 0 radical (unpaired) electrons. The normalized spacial score (nSPS) is 16.1. The van der Waals surface area contributed by atoms with Crippen molar-refractivity contribution in [3.05, 3.63) is 113 Å². The van der Waals surface area contributed by atoms with E-state index in [1.165, 1.54) is 24.3 Å². The SMILES string of the molecule is FC(F)(F)C1(C(F)(F)F)N=C(c2ccccc2)SC(=C(c2ccccc2)c2ccccc2)O1. The average Bonchev–Trinajstić information content (AvgIpc) is 2.80. The summed E-state index contributed by atoms with van der Waals surface area (Å²) in [6, 6.07) is 23.7. The third kappa shape index (κ3) is 4.37. The van der Waals surface area contributed by atoms with Crippen LogP contribution in [0.4, 0.5) is 26.3 Å². The molecule has 1 aliphatic heterocycles. The van der Waals surface area contributed by atoms with E-state index >= 15 is 0 Å². The van der Waals surface area contributed by atoms with Crippen LogP contribution in [-0.2, 0) is 4.74 Å². The molecule has 2 nitrogen and oxygen atoms in total.